The van der Waals surface area contributed by atoms with Crippen LogP contribution in [0, 0.1) is 5.82 Å². The number of hydrogen-bond acceptors (Lipinski definition) is 4. The van der Waals surface area contributed by atoms with Gasteiger partial charge in [0.25, 0.3) is 0 Å². The molecule has 1 aliphatic heterocycles. The van der Waals surface area contributed by atoms with Crippen LogP contribution in [-0.2, 0) is 6.54 Å². The van der Waals surface area contributed by atoms with E-state index in [1.165, 1.54) is 12.1 Å². The lowest BCUT2D eigenvalue weighted by Crippen LogP contribution is -2.45. The minimum Gasteiger partial charge on any atom is -0.369 e. The highest BCUT2D eigenvalue weighted by Gasteiger charge is 2.18. The number of imidazole rings is 1. The van der Waals surface area contributed by atoms with Gasteiger partial charge >= 0.3 is 5.69 Å². The van der Waals surface area contributed by atoms with E-state index < -0.39 is 0 Å². The number of nitrogens with zero attached hydrogens (tertiary/aromatic N) is 3. The molecule has 2 aromatic heterocycles. The zero-order chi connectivity index (χ0) is 20.5. The second-order valence-corrected chi connectivity index (χ2v) is 7.66. The molecule has 0 spiro atoms. The van der Waals surface area contributed by atoms with E-state index in [9.17, 15) is 9.18 Å². The number of rotatable bonds is 4. The molecule has 30 heavy (non-hydrogen) atoms. The molecule has 6 nitrogen and oxygen atoms in total. The third-order valence-electron chi connectivity index (χ3n) is 5.62. The van der Waals surface area contributed by atoms with E-state index in [-0.39, 0.29) is 11.5 Å². The smallest absolute Gasteiger partial charge is 0.323 e. The number of benzene rings is 2. The molecule has 4 aromatic rings. The fraction of sp³-hybridized carbons (Fsp3) is 0.217. The van der Waals surface area contributed by atoms with Crippen LogP contribution in [0.25, 0.3) is 22.2 Å². The number of halogens is 1. The number of pyridine rings is 1. The summed E-state index contributed by atoms with van der Waals surface area (Å²) in [6, 6.07) is 14.7. The Hall–Kier alpha value is -3.45. The number of aromatic amines is 2. The molecule has 0 amide bonds. The van der Waals surface area contributed by atoms with Gasteiger partial charge in [0.05, 0.1) is 11.0 Å². The van der Waals surface area contributed by atoms with Gasteiger partial charge in [-0.25, -0.2) is 9.18 Å². The van der Waals surface area contributed by atoms with Crippen molar-refractivity contribution in [2.75, 3.05) is 31.1 Å². The fourth-order valence-electron chi connectivity index (χ4n) is 4.01. The highest BCUT2D eigenvalue weighted by molar-refractivity contribution is 5.79. The van der Waals surface area contributed by atoms with E-state index in [0.29, 0.717) is 0 Å². The van der Waals surface area contributed by atoms with Crippen LogP contribution in [0.3, 0.4) is 0 Å². The summed E-state index contributed by atoms with van der Waals surface area (Å²) in [5.41, 5.74) is 5.73. The van der Waals surface area contributed by atoms with Gasteiger partial charge in [-0.05, 0) is 47.5 Å². The minimum atomic E-state index is -0.234. The Kier molecular flexibility index (Phi) is 4.80. The zero-order valence-electron chi connectivity index (χ0n) is 16.4. The first-order valence-electron chi connectivity index (χ1n) is 10.0. The summed E-state index contributed by atoms with van der Waals surface area (Å²) in [7, 11) is 0. The maximum absolute atomic E-state index is 13.2. The molecule has 2 N–H and O–H groups in total. The maximum Gasteiger partial charge on any atom is 0.323 e. The highest BCUT2D eigenvalue weighted by Crippen LogP contribution is 2.23. The standard InChI is InChI=1S/C23H22FN5O/c24-19-3-1-17(2-4-19)18-11-16(13-25-14-18)15-28-7-9-29(10-8-28)20-5-6-21-22(12-20)27-23(30)26-21/h1-6,11-14H,7-10,15H2,(H2,26,27,30). The monoisotopic (exact) mass is 403 g/mol. The van der Waals surface area contributed by atoms with Crippen LogP contribution < -0.4 is 10.6 Å². The summed E-state index contributed by atoms with van der Waals surface area (Å²) < 4.78 is 13.2. The normalized spacial score (nSPS) is 15.0. The van der Waals surface area contributed by atoms with Crippen LogP contribution in [0.1, 0.15) is 5.56 Å². The van der Waals surface area contributed by atoms with Crippen molar-refractivity contribution < 1.29 is 4.39 Å². The van der Waals surface area contributed by atoms with E-state index in [4.69, 9.17) is 0 Å². The lowest BCUT2D eigenvalue weighted by atomic mass is 10.1. The third kappa shape index (κ3) is 3.84. The number of aromatic nitrogens is 3. The van der Waals surface area contributed by atoms with Crippen molar-refractivity contribution in [2.45, 2.75) is 6.54 Å². The SMILES string of the molecule is O=c1[nH]c2ccc(N3CCN(Cc4cncc(-c5ccc(F)cc5)c4)CC3)cc2[nH]1. The summed E-state index contributed by atoms with van der Waals surface area (Å²) in [6.07, 6.45) is 3.71. The molecule has 3 heterocycles. The van der Waals surface area contributed by atoms with Crippen LogP contribution in [0.5, 0.6) is 0 Å². The zero-order valence-corrected chi connectivity index (χ0v) is 16.4. The average molecular weight is 403 g/mol. The van der Waals surface area contributed by atoms with E-state index in [0.717, 1.165) is 66.1 Å². The molecule has 0 atom stereocenters. The fourth-order valence-corrected chi connectivity index (χ4v) is 4.01. The Morgan fingerprint density at radius 3 is 2.43 bits per heavy atom. The van der Waals surface area contributed by atoms with Crippen LogP contribution in [0.2, 0.25) is 0 Å². The van der Waals surface area contributed by atoms with Crippen molar-refractivity contribution in [1.82, 2.24) is 19.9 Å². The van der Waals surface area contributed by atoms with Gasteiger partial charge in [-0.2, -0.15) is 0 Å². The number of H-pyrrole nitrogens is 2. The van der Waals surface area contributed by atoms with Crippen molar-refractivity contribution in [2.24, 2.45) is 0 Å². The second-order valence-electron chi connectivity index (χ2n) is 7.66. The van der Waals surface area contributed by atoms with Crippen LogP contribution in [-0.4, -0.2) is 46.0 Å². The van der Waals surface area contributed by atoms with Gasteiger partial charge < -0.3 is 14.9 Å². The molecule has 1 fully saturated rings. The van der Waals surface area contributed by atoms with Crippen molar-refractivity contribution in [1.29, 1.82) is 0 Å². The summed E-state index contributed by atoms with van der Waals surface area (Å²) in [5, 5.41) is 0. The number of nitrogens with one attached hydrogen (secondary N) is 2. The van der Waals surface area contributed by atoms with Gasteiger partial charge in [0.2, 0.25) is 0 Å². The van der Waals surface area contributed by atoms with Gasteiger partial charge in [0.1, 0.15) is 5.82 Å². The minimum absolute atomic E-state index is 0.177. The first-order chi connectivity index (χ1) is 14.6. The molecule has 152 valence electrons. The number of fused-ring (bicyclic) bond motifs is 1. The molecule has 0 saturated carbocycles. The number of anilines is 1. The van der Waals surface area contributed by atoms with E-state index in [1.807, 2.05) is 24.5 Å². The van der Waals surface area contributed by atoms with Crippen molar-refractivity contribution in [3.05, 3.63) is 82.8 Å². The van der Waals surface area contributed by atoms with Crippen molar-refractivity contribution in [3.8, 4) is 11.1 Å². The molecular formula is C23H22FN5O. The number of hydrogen-bond donors (Lipinski definition) is 2. The summed E-state index contributed by atoms with van der Waals surface area (Å²) >= 11 is 0. The molecule has 0 aliphatic carbocycles. The van der Waals surface area contributed by atoms with Gasteiger partial charge in [0.15, 0.2) is 0 Å². The van der Waals surface area contributed by atoms with E-state index in [2.05, 4.69) is 36.9 Å². The summed E-state index contributed by atoms with van der Waals surface area (Å²) in [4.78, 5) is 26.2. The molecular weight excluding hydrogens is 381 g/mol. The number of piperazine rings is 1. The van der Waals surface area contributed by atoms with Crippen molar-refractivity contribution >= 4 is 16.7 Å². The Bertz CT molecular complexity index is 1220. The highest BCUT2D eigenvalue weighted by atomic mass is 19.1. The first-order valence-corrected chi connectivity index (χ1v) is 10.0. The summed E-state index contributed by atoms with van der Waals surface area (Å²) in [6.45, 7) is 4.57. The Morgan fingerprint density at radius 1 is 0.867 bits per heavy atom. The van der Waals surface area contributed by atoms with E-state index >= 15 is 0 Å². The molecule has 5 rings (SSSR count). The van der Waals surface area contributed by atoms with Gasteiger partial charge in [-0.1, -0.05) is 12.1 Å². The molecule has 1 aliphatic rings. The Morgan fingerprint density at radius 2 is 1.63 bits per heavy atom. The molecule has 7 heteroatoms. The third-order valence-corrected chi connectivity index (χ3v) is 5.62. The van der Waals surface area contributed by atoms with Gasteiger partial charge in [-0.15, -0.1) is 0 Å². The maximum atomic E-state index is 13.2. The summed E-state index contributed by atoms with van der Waals surface area (Å²) in [5.74, 6) is -0.234. The van der Waals surface area contributed by atoms with Crippen LogP contribution in [0.4, 0.5) is 10.1 Å². The molecule has 2 aromatic carbocycles. The van der Waals surface area contributed by atoms with Crippen molar-refractivity contribution in [3.63, 3.8) is 0 Å². The Labute approximate surface area is 173 Å². The molecule has 0 radical (unpaired) electrons. The predicted molar refractivity (Wildman–Crippen MR) is 116 cm³/mol. The Balaban J connectivity index is 1.24. The second kappa shape index (κ2) is 7.76. The average Bonchev–Trinajstić information content (AvgIpc) is 3.14. The lowest BCUT2D eigenvalue weighted by molar-refractivity contribution is 0.249. The van der Waals surface area contributed by atoms with Gasteiger partial charge in [-0.3, -0.25) is 9.88 Å². The molecule has 0 unspecified atom stereocenters. The quantitative estimate of drug-likeness (QED) is 0.548. The molecule has 0 bridgehead atoms. The van der Waals surface area contributed by atoms with Gasteiger partial charge in [0, 0.05) is 56.4 Å². The predicted octanol–water partition coefficient (Wildman–Crippen LogP) is 3.38. The largest absolute Gasteiger partial charge is 0.369 e. The van der Waals surface area contributed by atoms with Crippen LogP contribution in [0.15, 0.2) is 65.7 Å². The molecule has 1 saturated heterocycles. The lowest BCUT2D eigenvalue weighted by Gasteiger charge is -2.36. The van der Waals surface area contributed by atoms with Crippen LogP contribution >= 0.6 is 0 Å². The van der Waals surface area contributed by atoms with E-state index in [1.54, 1.807) is 12.1 Å². The first kappa shape index (κ1) is 18.6. The topological polar surface area (TPSA) is 68.0 Å².